The van der Waals surface area contributed by atoms with Crippen molar-refractivity contribution in [1.29, 1.82) is 0 Å². The molecule has 0 N–H and O–H groups in total. The zero-order valence-electron chi connectivity index (χ0n) is 25.6. The summed E-state index contributed by atoms with van der Waals surface area (Å²) in [7, 11) is 0. The van der Waals surface area contributed by atoms with Gasteiger partial charge in [-0.3, -0.25) is 0 Å². The molecule has 0 aliphatic heterocycles. The first-order valence-corrected chi connectivity index (χ1v) is 15.7. The van der Waals surface area contributed by atoms with Gasteiger partial charge < -0.3 is 4.57 Å². The zero-order chi connectivity index (χ0) is 30.8. The number of aromatic nitrogens is 3. The molecular formula is C43H29N3. The van der Waals surface area contributed by atoms with Crippen molar-refractivity contribution in [2.75, 3.05) is 0 Å². The van der Waals surface area contributed by atoms with Gasteiger partial charge in [-0.25, -0.2) is 9.97 Å². The molecule has 3 heteroatoms. The summed E-state index contributed by atoms with van der Waals surface area (Å²) in [5, 5.41) is 2.49. The Bertz CT molecular complexity index is 2360. The third-order valence-electron chi connectivity index (χ3n) is 9.45. The molecule has 0 fully saturated rings. The molecule has 2 aromatic heterocycles. The average molecular weight is 588 g/mol. The van der Waals surface area contributed by atoms with Crippen LogP contribution < -0.4 is 0 Å². The van der Waals surface area contributed by atoms with E-state index in [1.165, 1.54) is 38.5 Å². The highest BCUT2D eigenvalue weighted by molar-refractivity contribution is 6.11. The van der Waals surface area contributed by atoms with Crippen molar-refractivity contribution in [3.05, 3.63) is 163 Å². The van der Waals surface area contributed by atoms with Gasteiger partial charge in [0, 0.05) is 27.3 Å². The van der Waals surface area contributed by atoms with Crippen LogP contribution in [0.15, 0.2) is 140 Å². The summed E-state index contributed by atoms with van der Waals surface area (Å²) in [6, 6.07) is 55.9. The van der Waals surface area contributed by atoms with E-state index in [1.807, 2.05) is 54.6 Å². The summed E-state index contributed by atoms with van der Waals surface area (Å²) in [4.78, 5) is 9.94. The van der Waals surface area contributed by atoms with Crippen molar-refractivity contribution in [2.45, 2.75) is 19.3 Å². The highest BCUT2D eigenvalue weighted by Gasteiger charge is 2.36. The Morgan fingerprint density at radius 2 is 1.22 bits per heavy atom. The summed E-state index contributed by atoms with van der Waals surface area (Å²) in [5.74, 6) is 0.689. The molecule has 2 heterocycles. The van der Waals surface area contributed by atoms with E-state index in [1.54, 1.807) is 0 Å². The fraction of sp³-hybridized carbons (Fsp3) is 0.0698. The second kappa shape index (κ2) is 10.0. The SMILES string of the molecule is CC1(C)c2ccccc2-c2cc3c(cc21)c1ccccc1n3-c1c#cc(-c2cc(-c3ccccc3)nc(-c3ccccc3)n2)cc1. The van der Waals surface area contributed by atoms with E-state index in [-0.39, 0.29) is 5.41 Å². The normalized spacial score (nSPS) is 13.0. The lowest BCUT2D eigenvalue weighted by Crippen LogP contribution is -2.14. The molecule has 9 rings (SSSR count). The van der Waals surface area contributed by atoms with Gasteiger partial charge in [-0.05, 0) is 64.7 Å². The standard InChI is InChI=1S/C43H29N3/c1-43(2)36-19-11-9-17-32(36)34-26-41-35(25-37(34)43)33-18-10-12-20-40(33)46(41)31-23-21-29(22-24-31)39-27-38(28-13-5-3-6-14-28)44-42(45-39)30-15-7-4-8-16-30/h3-21,23,25-27H,1-2H3. The summed E-state index contributed by atoms with van der Waals surface area (Å²) in [6.07, 6.45) is 0. The van der Waals surface area contributed by atoms with E-state index in [4.69, 9.17) is 9.97 Å². The molecule has 0 radical (unpaired) electrons. The van der Waals surface area contributed by atoms with E-state index in [9.17, 15) is 0 Å². The van der Waals surface area contributed by atoms with Gasteiger partial charge in [0.05, 0.1) is 33.7 Å². The van der Waals surface area contributed by atoms with Crippen LogP contribution in [0.25, 0.3) is 72.5 Å². The molecule has 0 unspecified atom stereocenters. The van der Waals surface area contributed by atoms with Crippen LogP contribution in [0.4, 0.5) is 0 Å². The molecule has 0 saturated carbocycles. The van der Waals surface area contributed by atoms with E-state index in [0.717, 1.165) is 39.3 Å². The van der Waals surface area contributed by atoms with Crippen molar-refractivity contribution >= 4 is 21.8 Å². The monoisotopic (exact) mass is 587 g/mol. The Labute approximate surface area is 268 Å². The lowest BCUT2D eigenvalue weighted by molar-refractivity contribution is 0.661. The van der Waals surface area contributed by atoms with Crippen LogP contribution in [0.1, 0.15) is 25.0 Å². The van der Waals surface area contributed by atoms with Crippen LogP contribution in [-0.4, -0.2) is 14.5 Å². The quantitative estimate of drug-likeness (QED) is 0.205. The Kier molecular flexibility index (Phi) is 5.76. The maximum atomic E-state index is 5.00. The first kappa shape index (κ1) is 26.4. The van der Waals surface area contributed by atoms with Gasteiger partial charge >= 0.3 is 0 Å². The Morgan fingerprint density at radius 1 is 0.522 bits per heavy atom. The minimum Gasteiger partial charge on any atom is -0.302 e. The number of hydrogen-bond donors (Lipinski definition) is 0. The summed E-state index contributed by atoms with van der Waals surface area (Å²) >= 11 is 0. The van der Waals surface area contributed by atoms with Gasteiger partial charge in [0.2, 0.25) is 0 Å². The van der Waals surface area contributed by atoms with E-state index in [2.05, 4.69) is 115 Å². The predicted octanol–water partition coefficient (Wildman–Crippen LogP) is 10.5. The van der Waals surface area contributed by atoms with E-state index in [0.29, 0.717) is 5.82 Å². The fourth-order valence-corrected chi connectivity index (χ4v) is 7.14. The van der Waals surface area contributed by atoms with Crippen molar-refractivity contribution in [2.24, 2.45) is 0 Å². The van der Waals surface area contributed by atoms with Crippen molar-refractivity contribution in [3.8, 4) is 50.7 Å². The molecule has 0 bridgehead atoms. The first-order chi connectivity index (χ1) is 22.6. The highest BCUT2D eigenvalue weighted by atomic mass is 15.0. The molecule has 6 aromatic carbocycles. The molecule has 0 spiro atoms. The molecule has 46 heavy (non-hydrogen) atoms. The number of benzene rings is 5. The highest BCUT2D eigenvalue weighted by Crippen LogP contribution is 2.50. The number of para-hydroxylation sites is 1. The number of fused-ring (bicyclic) bond motifs is 6. The smallest absolute Gasteiger partial charge is 0.160 e. The summed E-state index contributed by atoms with van der Waals surface area (Å²) in [5.41, 5.74) is 13.2. The second-order valence-electron chi connectivity index (χ2n) is 12.5. The maximum absolute atomic E-state index is 5.00. The molecule has 1 aliphatic rings. The lowest BCUT2D eigenvalue weighted by atomic mass is 9.82. The Morgan fingerprint density at radius 3 is 2.00 bits per heavy atom. The molecule has 0 saturated heterocycles. The van der Waals surface area contributed by atoms with E-state index < -0.39 is 0 Å². The number of hydrogen-bond acceptors (Lipinski definition) is 2. The topological polar surface area (TPSA) is 30.7 Å². The maximum Gasteiger partial charge on any atom is 0.160 e. The largest absolute Gasteiger partial charge is 0.302 e. The lowest BCUT2D eigenvalue weighted by Gasteiger charge is -2.21. The van der Waals surface area contributed by atoms with Gasteiger partial charge in [-0.2, -0.15) is 0 Å². The number of rotatable bonds is 4. The van der Waals surface area contributed by atoms with Crippen LogP contribution in [0.5, 0.6) is 0 Å². The predicted molar refractivity (Wildman–Crippen MR) is 188 cm³/mol. The van der Waals surface area contributed by atoms with Crippen molar-refractivity contribution < 1.29 is 0 Å². The molecule has 0 atom stereocenters. The summed E-state index contributed by atoms with van der Waals surface area (Å²) < 4.78 is 2.32. The van der Waals surface area contributed by atoms with Crippen LogP contribution >= 0.6 is 0 Å². The zero-order valence-corrected chi connectivity index (χ0v) is 25.6. The molecule has 216 valence electrons. The van der Waals surface area contributed by atoms with Gasteiger partial charge in [0.25, 0.3) is 0 Å². The van der Waals surface area contributed by atoms with E-state index >= 15 is 0 Å². The second-order valence-corrected chi connectivity index (χ2v) is 12.5. The molecule has 0 amide bonds. The van der Waals surface area contributed by atoms with Crippen LogP contribution in [0.3, 0.4) is 0 Å². The van der Waals surface area contributed by atoms with Gasteiger partial charge in [0.15, 0.2) is 5.82 Å². The van der Waals surface area contributed by atoms with Gasteiger partial charge in [0.1, 0.15) is 0 Å². The molecule has 8 aromatic rings. The van der Waals surface area contributed by atoms with Gasteiger partial charge in [-0.15, -0.1) is 0 Å². The van der Waals surface area contributed by atoms with Crippen LogP contribution in [0.2, 0.25) is 0 Å². The Balaban J connectivity index is 1.21. The summed E-state index contributed by atoms with van der Waals surface area (Å²) in [6.45, 7) is 4.67. The molecule has 1 aliphatic carbocycles. The third kappa shape index (κ3) is 4.01. The van der Waals surface area contributed by atoms with Crippen LogP contribution in [-0.2, 0) is 5.41 Å². The third-order valence-corrected chi connectivity index (χ3v) is 9.45. The minimum absolute atomic E-state index is 0.0559. The first-order valence-electron chi connectivity index (χ1n) is 15.7. The van der Waals surface area contributed by atoms with Crippen LogP contribution in [0, 0.1) is 12.1 Å². The Hall–Kier alpha value is -5.98. The number of nitrogens with zero attached hydrogens (tertiary/aromatic N) is 3. The fourth-order valence-electron chi connectivity index (χ4n) is 7.14. The minimum atomic E-state index is -0.0559. The molecular weight excluding hydrogens is 558 g/mol. The van der Waals surface area contributed by atoms with Crippen molar-refractivity contribution in [1.82, 2.24) is 14.5 Å². The molecule has 3 nitrogen and oxygen atoms in total. The average Bonchev–Trinajstić information content (AvgIpc) is 3.56. The van der Waals surface area contributed by atoms with Gasteiger partial charge in [-0.1, -0.05) is 123 Å². The van der Waals surface area contributed by atoms with Crippen molar-refractivity contribution in [3.63, 3.8) is 0 Å².